The van der Waals surface area contributed by atoms with Gasteiger partial charge in [0.1, 0.15) is 0 Å². The van der Waals surface area contributed by atoms with E-state index < -0.39 is 5.97 Å². The molecule has 3 heteroatoms. The minimum Gasteiger partial charge on any atom is -0.477 e. The van der Waals surface area contributed by atoms with E-state index in [1.54, 1.807) is 0 Å². The summed E-state index contributed by atoms with van der Waals surface area (Å²) < 4.78 is 0. The fraction of sp³-hybridized carbons (Fsp3) is 0.833. The van der Waals surface area contributed by atoms with Crippen molar-refractivity contribution in [1.29, 1.82) is 0 Å². The normalized spacial score (nSPS) is 27.8. The molecule has 9 heavy (non-hydrogen) atoms. The first-order chi connectivity index (χ1) is 4.30. The Kier molecular flexibility index (Phi) is 2.05. The summed E-state index contributed by atoms with van der Waals surface area (Å²) in [5, 5.41) is 10.4. The summed E-state index contributed by atoms with van der Waals surface area (Å²) in [5.74, 6) is -0.658. The molecule has 0 aromatic carbocycles. The summed E-state index contributed by atoms with van der Waals surface area (Å²) in [6.45, 7) is 0.983. The van der Waals surface area contributed by atoms with Gasteiger partial charge in [0, 0.05) is 6.42 Å². The number of carboxylic acids is 1. The van der Waals surface area contributed by atoms with Crippen LogP contribution in [0.1, 0.15) is 19.3 Å². The van der Waals surface area contributed by atoms with E-state index in [-0.39, 0.29) is 6.04 Å². The molecule has 0 spiro atoms. The maximum atomic E-state index is 10.3. The Bertz CT molecular complexity index is 108. The number of rotatable bonds is 1. The summed E-state index contributed by atoms with van der Waals surface area (Å²) >= 11 is 0. The van der Waals surface area contributed by atoms with Crippen LogP contribution in [0.3, 0.4) is 0 Å². The van der Waals surface area contributed by atoms with Gasteiger partial charge in [0.05, 0.1) is 6.54 Å². The van der Waals surface area contributed by atoms with E-state index in [0.717, 1.165) is 19.4 Å². The quantitative estimate of drug-likeness (QED) is 0.487. The molecule has 1 heterocycles. The maximum absolute atomic E-state index is 10.3. The predicted molar refractivity (Wildman–Crippen MR) is 32.1 cm³/mol. The molecule has 0 aromatic heterocycles. The van der Waals surface area contributed by atoms with E-state index in [1.165, 1.54) is 6.42 Å². The standard InChI is InChI=1S/C6H11NO2/c8-6(9)5-3-1-2-4-7-5/h5,7H,1-4H2,(H,8,9)/p+1/t5-/m0/s1. The van der Waals surface area contributed by atoms with E-state index in [2.05, 4.69) is 0 Å². The lowest BCUT2D eigenvalue weighted by atomic mass is 10.1. The van der Waals surface area contributed by atoms with Crippen LogP contribution in [0.15, 0.2) is 0 Å². The number of hydrogen-bond acceptors (Lipinski definition) is 1. The highest BCUT2D eigenvalue weighted by Gasteiger charge is 2.22. The van der Waals surface area contributed by atoms with Gasteiger partial charge in [-0.3, -0.25) is 0 Å². The highest BCUT2D eigenvalue weighted by atomic mass is 16.4. The van der Waals surface area contributed by atoms with Crippen LogP contribution in [0.25, 0.3) is 0 Å². The zero-order valence-corrected chi connectivity index (χ0v) is 5.34. The third kappa shape index (κ3) is 1.68. The second kappa shape index (κ2) is 2.82. The first kappa shape index (κ1) is 6.55. The minimum atomic E-state index is -0.658. The topological polar surface area (TPSA) is 53.9 Å². The van der Waals surface area contributed by atoms with Gasteiger partial charge in [0.15, 0.2) is 6.04 Å². The highest BCUT2D eigenvalue weighted by molar-refractivity contribution is 5.71. The van der Waals surface area contributed by atoms with Gasteiger partial charge in [-0.1, -0.05) is 0 Å². The summed E-state index contributed by atoms with van der Waals surface area (Å²) in [6, 6.07) is -0.154. The van der Waals surface area contributed by atoms with Crippen molar-refractivity contribution in [1.82, 2.24) is 0 Å². The van der Waals surface area contributed by atoms with Gasteiger partial charge in [-0.05, 0) is 12.8 Å². The number of piperidine rings is 1. The second-order valence-corrected chi connectivity index (χ2v) is 2.46. The van der Waals surface area contributed by atoms with Gasteiger partial charge in [-0.15, -0.1) is 0 Å². The van der Waals surface area contributed by atoms with E-state index in [9.17, 15) is 4.79 Å². The Morgan fingerprint density at radius 1 is 1.56 bits per heavy atom. The summed E-state index contributed by atoms with van der Waals surface area (Å²) in [5.41, 5.74) is 0. The first-order valence-corrected chi connectivity index (χ1v) is 3.37. The molecular formula is C6H12NO2+. The van der Waals surface area contributed by atoms with Crippen LogP contribution < -0.4 is 5.32 Å². The van der Waals surface area contributed by atoms with Crippen LogP contribution in [0.5, 0.6) is 0 Å². The number of aliphatic carboxylic acids is 1. The third-order valence-electron chi connectivity index (χ3n) is 1.74. The smallest absolute Gasteiger partial charge is 0.362 e. The molecule has 1 aliphatic rings. The second-order valence-electron chi connectivity index (χ2n) is 2.46. The van der Waals surface area contributed by atoms with Gasteiger partial charge >= 0.3 is 5.97 Å². The van der Waals surface area contributed by atoms with E-state index in [1.807, 2.05) is 5.32 Å². The Balaban J connectivity index is 2.31. The predicted octanol–water partition coefficient (Wildman–Crippen LogP) is -0.813. The molecule has 0 saturated carbocycles. The summed E-state index contributed by atoms with van der Waals surface area (Å²) in [6.07, 6.45) is 3.09. The van der Waals surface area contributed by atoms with Gasteiger partial charge in [-0.25, -0.2) is 4.79 Å². The molecule has 1 rings (SSSR count). The van der Waals surface area contributed by atoms with Crippen molar-refractivity contribution >= 4 is 5.97 Å². The Hall–Kier alpha value is -0.570. The maximum Gasteiger partial charge on any atom is 0.362 e. The molecule has 0 unspecified atom stereocenters. The van der Waals surface area contributed by atoms with Crippen LogP contribution in [-0.4, -0.2) is 23.7 Å². The van der Waals surface area contributed by atoms with Gasteiger partial charge < -0.3 is 10.4 Å². The van der Waals surface area contributed by atoms with Crippen LogP contribution in [0.2, 0.25) is 0 Å². The number of hydrogen-bond donors (Lipinski definition) is 2. The summed E-state index contributed by atoms with van der Waals surface area (Å²) in [4.78, 5) is 10.3. The average molecular weight is 130 g/mol. The van der Waals surface area contributed by atoms with E-state index in [0.29, 0.717) is 0 Å². The Labute approximate surface area is 54.1 Å². The molecule has 1 saturated heterocycles. The fourth-order valence-corrected chi connectivity index (χ4v) is 1.17. The van der Waals surface area contributed by atoms with Gasteiger partial charge in [0.2, 0.25) is 0 Å². The molecule has 3 N–H and O–H groups in total. The molecule has 0 aliphatic carbocycles. The molecule has 1 atom stereocenters. The van der Waals surface area contributed by atoms with Crippen molar-refractivity contribution in [2.45, 2.75) is 25.3 Å². The number of carbonyl (C=O) groups is 1. The number of nitrogens with two attached hydrogens (primary N) is 1. The zero-order chi connectivity index (χ0) is 6.69. The molecular weight excluding hydrogens is 118 g/mol. The molecule has 3 nitrogen and oxygen atoms in total. The van der Waals surface area contributed by atoms with Crippen molar-refractivity contribution in [2.75, 3.05) is 6.54 Å². The molecule has 0 bridgehead atoms. The first-order valence-electron chi connectivity index (χ1n) is 3.37. The number of quaternary nitrogens is 1. The van der Waals surface area contributed by atoms with E-state index >= 15 is 0 Å². The molecule has 0 radical (unpaired) electrons. The van der Waals surface area contributed by atoms with Crippen molar-refractivity contribution in [3.05, 3.63) is 0 Å². The zero-order valence-electron chi connectivity index (χ0n) is 5.34. The van der Waals surface area contributed by atoms with Crippen molar-refractivity contribution in [3.8, 4) is 0 Å². The number of carboxylic acid groups (broad SMARTS) is 1. The molecule has 0 amide bonds. The molecule has 52 valence electrons. The third-order valence-corrected chi connectivity index (χ3v) is 1.74. The van der Waals surface area contributed by atoms with Crippen LogP contribution in [0.4, 0.5) is 0 Å². The SMILES string of the molecule is O=C(O)[C@@H]1CCCC[NH2+]1. The fourth-order valence-electron chi connectivity index (χ4n) is 1.17. The molecule has 0 aromatic rings. The van der Waals surface area contributed by atoms with Crippen molar-refractivity contribution in [2.24, 2.45) is 0 Å². The van der Waals surface area contributed by atoms with Crippen LogP contribution in [0, 0.1) is 0 Å². The van der Waals surface area contributed by atoms with Crippen LogP contribution in [-0.2, 0) is 4.79 Å². The lowest BCUT2D eigenvalue weighted by Crippen LogP contribution is -2.93. The average Bonchev–Trinajstić information content (AvgIpc) is 1.90. The molecule has 1 fully saturated rings. The van der Waals surface area contributed by atoms with E-state index in [4.69, 9.17) is 5.11 Å². The Morgan fingerprint density at radius 2 is 2.33 bits per heavy atom. The van der Waals surface area contributed by atoms with Gasteiger partial charge in [-0.2, -0.15) is 0 Å². The highest BCUT2D eigenvalue weighted by Crippen LogP contribution is 2.00. The summed E-state index contributed by atoms with van der Waals surface area (Å²) in [7, 11) is 0. The van der Waals surface area contributed by atoms with Crippen molar-refractivity contribution in [3.63, 3.8) is 0 Å². The lowest BCUT2D eigenvalue weighted by molar-refractivity contribution is -0.685. The van der Waals surface area contributed by atoms with Gasteiger partial charge in [0.25, 0.3) is 0 Å². The monoisotopic (exact) mass is 130 g/mol. The minimum absolute atomic E-state index is 0.154. The lowest BCUT2D eigenvalue weighted by Gasteiger charge is -2.15. The van der Waals surface area contributed by atoms with Crippen LogP contribution >= 0.6 is 0 Å². The Morgan fingerprint density at radius 3 is 2.67 bits per heavy atom. The molecule has 1 aliphatic heterocycles. The largest absolute Gasteiger partial charge is 0.477 e. The van der Waals surface area contributed by atoms with Crippen molar-refractivity contribution < 1.29 is 15.2 Å².